The molecule has 1 saturated heterocycles. The molecule has 0 spiro atoms. The highest BCUT2D eigenvalue weighted by molar-refractivity contribution is 5.17. The summed E-state index contributed by atoms with van der Waals surface area (Å²) in [5, 5.41) is 3.29. The molecular weight excluding hydrogens is 217 g/mol. The molecule has 0 aliphatic carbocycles. The number of likely N-dealkylation sites (N-methyl/N-ethyl adjacent to an activating group) is 1. The Morgan fingerprint density at radius 2 is 2.35 bits per heavy atom. The summed E-state index contributed by atoms with van der Waals surface area (Å²) in [4.78, 5) is 0. The fourth-order valence-electron chi connectivity index (χ4n) is 2.42. The van der Waals surface area contributed by atoms with Gasteiger partial charge in [-0.2, -0.15) is 0 Å². The van der Waals surface area contributed by atoms with Gasteiger partial charge in [0.2, 0.25) is 0 Å². The molecule has 0 radical (unpaired) electrons. The van der Waals surface area contributed by atoms with E-state index in [2.05, 4.69) is 5.32 Å². The van der Waals surface area contributed by atoms with Crippen LogP contribution in [-0.4, -0.2) is 25.8 Å². The van der Waals surface area contributed by atoms with Crippen molar-refractivity contribution in [3.05, 3.63) is 35.6 Å². The molecule has 2 nitrogen and oxygen atoms in total. The number of hydrogen-bond donors (Lipinski definition) is 1. The highest BCUT2D eigenvalue weighted by atomic mass is 19.1. The third-order valence-electron chi connectivity index (χ3n) is 3.38. The zero-order chi connectivity index (χ0) is 12.1. The first-order valence-corrected chi connectivity index (χ1v) is 6.33. The van der Waals surface area contributed by atoms with Gasteiger partial charge in [0.15, 0.2) is 0 Å². The van der Waals surface area contributed by atoms with Crippen molar-refractivity contribution in [2.45, 2.75) is 37.8 Å². The van der Waals surface area contributed by atoms with Crippen molar-refractivity contribution in [1.82, 2.24) is 5.32 Å². The van der Waals surface area contributed by atoms with Gasteiger partial charge in [0.1, 0.15) is 5.82 Å². The van der Waals surface area contributed by atoms with Crippen LogP contribution < -0.4 is 5.32 Å². The number of ether oxygens (including phenoxy) is 1. The lowest BCUT2D eigenvalue weighted by atomic mass is 9.96. The second kappa shape index (κ2) is 6.12. The number of hydrogen-bond acceptors (Lipinski definition) is 2. The van der Waals surface area contributed by atoms with Gasteiger partial charge >= 0.3 is 0 Å². The van der Waals surface area contributed by atoms with Crippen LogP contribution in [0.2, 0.25) is 0 Å². The molecule has 1 fully saturated rings. The first kappa shape index (κ1) is 12.5. The van der Waals surface area contributed by atoms with E-state index < -0.39 is 0 Å². The first-order chi connectivity index (χ1) is 8.29. The summed E-state index contributed by atoms with van der Waals surface area (Å²) >= 11 is 0. The predicted octanol–water partition coefficient (Wildman–Crippen LogP) is 2.53. The Bertz CT molecular complexity index is 350. The lowest BCUT2D eigenvalue weighted by molar-refractivity contribution is -0.00588. The molecule has 0 bridgehead atoms. The SMILES string of the molecule is CNC(Cc1cccc(F)c1)C1CCCCO1. The molecule has 1 aliphatic heterocycles. The molecular formula is C14H20FNO. The molecule has 2 atom stereocenters. The Kier molecular flexibility index (Phi) is 4.51. The normalized spacial score (nSPS) is 22.4. The minimum absolute atomic E-state index is 0.165. The third-order valence-corrected chi connectivity index (χ3v) is 3.38. The van der Waals surface area contributed by atoms with Crippen LogP contribution in [0.5, 0.6) is 0 Å². The van der Waals surface area contributed by atoms with Crippen LogP contribution in [0.25, 0.3) is 0 Å². The van der Waals surface area contributed by atoms with Crippen LogP contribution in [0.3, 0.4) is 0 Å². The average molecular weight is 237 g/mol. The lowest BCUT2D eigenvalue weighted by Gasteiger charge is -2.30. The molecule has 1 heterocycles. The zero-order valence-corrected chi connectivity index (χ0v) is 10.3. The van der Waals surface area contributed by atoms with Crippen LogP contribution >= 0.6 is 0 Å². The fourth-order valence-corrected chi connectivity index (χ4v) is 2.42. The van der Waals surface area contributed by atoms with Crippen LogP contribution in [0.15, 0.2) is 24.3 Å². The van der Waals surface area contributed by atoms with E-state index in [-0.39, 0.29) is 18.0 Å². The molecule has 1 aliphatic rings. The van der Waals surface area contributed by atoms with Crippen LogP contribution in [0.1, 0.15) is 24.8 Å². The predicted molar refractivity (Wildman–Crippen MR) is 66.5 cm³/mol. The van der Waals surface area contributed by atoms with Gasteiger partial charge in [0.25, 0.3) is 0 Å². The smallest absolute Gasteiger partial charge is 0.123 e. The Morgan fingerprint density at radius 3 is 3.00 bits per heavy atom. The van der Waals surface area contributed by atoms with Crippen molar-refractivity contribution in [2.24, 2.45) is 0 Å². The molecule has 0 aromatic heterocycles. The Hall–Kier alpha value is -0.930. The summed E-state index contributed by atoms with van der Waals surface area (Å²) in [5.41, 5.74) is 1.03. The summed E-state index contributed by atoms with van der Waals surface area (Å²) in [7, 11) is 1.95. The second-order valence-electron chi connectivity index (χ2n) is 4.63. The molecule has 1 aromatic rings. The number of nitrogens with one attached hydrogen (secondary N) is 1. The van der Waals surface area contributed by atoms with Crippen molar-refractivity contribution in [3.8, 4) is 0 Å². The molecule has 17 heavy (non-hydrogen) atoms. The Labute approximate surface area is 102 Å². The molecule has 0 amide bonds. The van der Waals surface area contributed by atoms with Crippen molar-refractivity contribution in [1.29, 1.82) is 0 Å². The van der Waals surface area contributed by atoms with Gasteiger partial charge in [-0.15, -0.1) is 0 Å². The molecule has 1 aromatic carbocycles. The quantitative estimate of drug-likeness (QED) is 0.869. The number of halogens is 1. The van der Waals surface area contributed by atoms with Crippen molar-refractivity contribution < 1.29 is 9.13 Å². The molecule has 2 rings (SSSR count). The highest BCUT2D eigenvalue weighted by Crippen LogP contribution is 2.18. The van der Waals surface area contributed by atoms with Gasteiger partial charge in [0.05, 0.1) is 6.10 Å². The Morgan fingerprint density at radius 1 is 1.47 bits per heavy atom. The minimum Gasteiger partial charge on any atom is -0.377 e. The molecule has 94 valence electrons. The van der Waals surface area contributed by atoms with Crippen LogP contribution in [-0.2, 0) is 11.2 Å². The molecule has 1 N–H and O–H groups in total. The summed E-state index contributed by atoms with van der Waals surface area (Å²) in [6, 6.07) is 7.09. The third kappa shape index (κ3) is 3.51. The van der Waals surface area contributed by atoms with Crippen molar-refractivity contribution in [3.63, 3.8) is 0 Å². The molecule has 3 heteroatoms. The highest BCUT2D eigenvalue weighted by Gasteiger charge is 2.23. The average Bonchev–Trinajstić information content (AvgIpc) is 2.37. The maximum atomic E-state index is 13.1. The van der Waals surface area contributed by atoms with Gasteiger partial charge in [-0.05, 0) is 50.4 Å². The van der Waals surface area contributed by atoms with Crippen molar-refractivity contribution in [2.75, 3.05) is 13.7 Å². The van der Waals surface area contributed by atoms with E-state index >= 15 is 0 Å². The molecule has 0 saturated carbocycles. The van der Waals surface area contributed by atoms with E-state index in [1.54, 1.807) is 12.1 Å². The monoisotopic (exact) mass is 237 g/mol. The summed E-state index contributed by atoms with van der Waals surface area (Å²) in [6.07, 6.45) is 4.57. The standard InChI is InChI=1S/C14H20FNO/c1-16-13(14-7-2-3-8-17-14)10-11-5-4-6-12(15)9-11/h4-6,9,13-14,16H,2-3,7-8,10H2,1H3. The first-order valence-electron chi connectivity index (χ1n) is 6.33. The largest absolute Gasteiger partial charge is 0.377 e. The fraction of sp³-hybridized carbons (Fsp3) is 0.571. The van der Waals surface area contributed by atoms with Gasteiger partial charge in [-0.3, -0.25) is 0 Å². The summed E-state index contributed by atoms with van der Waals surface area (Å²) in [5.74, 6) is -0.165. The van der Waals surface area contributed by atoms with Crippen molar-refractivity contribution >= 4 is 0 Å². The molecule has 2 unspecified atom stereocenters. The van der Waals surface area contributed by atoms with Crippen LogP contribution in [0.4, 0.5) is 4.39 Å². The Balaban J connectivity index is 1.98. The van der Waals surface area contributed by atoms with Crippen LogP contribution in [0, 0.1) is 5.82 Å². The van der Waals surface area contributed by atoms with Gasteiger partial charge in [-0.1, -0.05) is 12.1 Å². The van der Waals surface area contributed by atoms with E-state index in [9.17, 15) is 4.39 Å². The number of benzene rings is 1. The van der Waals surface area contributed by atoms with Gasteiger partial charge < -0.3 is 10.1 Å². The van der Waals surface area contributed by atoms with Gasteiger partial charge in [-0.25, -0.2) is 4.39 Å². The van der Waals surface area contributed by atoms with E-state index in [1.165, 1.54) is 12.5 Å². The lowest BCUT2D eigenvalue weighted by Crippen LogP contribution is -2.42. The number of rotatable bonds is 4. The zero-order valence-electron chi connectivity index (χ0n) is 10.3. The summed E-state index contributed by atoms with van der Waals surface area (Å²) < 4.78 is 18.9. The van der Waals surface area contributed by atoms with Gasteiger partial charge in [0, 0.05) is 12.6 Å². The topological polar surface area (TPSA) is 21.3 Å². The minimum atomic E-state index is -0.165. The second-order valence-corrected chi connectivity index (χ2v) is 4.63. The summed E-state index contributed by atoms with van der Waals surface area (Å²) in [6.45, 7) is 0.853. The van der Waals surface area contributed by atoms with E-state index in [1.807, 2.05) is 13.1 Å². The maximum Gasteiger partial charge on any atom is 0.123 e. The van der Waals surface area contributed by atoms with E-state index in [0.29, 0.717) is 0 Å². The maximum absolute atomic E-state index is 13.1. The van der Waals surface area contributed by atoms with E-state index in [0.717, 1.165) is 31.4 Å². The van der Waals surface area contributed by atoms with E-state index in [4.69, 9.17) is 4.74 Å².